The van der Waals surface area contributed by atoms with Crippen molar-refractivity contribution in [1.29, 1.82) is 0 Å². The molecule has 2 aromatic rings. The number of anilines is 1. The molecule has 1 fully saturated rings. The lowest BCUT2D eigenvalue weighted by molar-refractivity contribution is -0.140. The largest absolute Gasteiger partial charge is 0.497 e. The van der Waals surface area contributed by atoms with Crippen molar-refractivity contribution in [3.05, 3.63) is 58.1 Å². The van der Waals surface area contributed by atoms with E-state index < -0.39 is 16.1 Å². The van der Waals surface area contributed by atoms with Crippen LogP contribution in [0.1, 0.15) is 51.0 Å². The number of benzene rings is 2. The van der Waals surface area contributed by atoms with Crippen molar-refractivity contribution in [2.75, 3.05) is 24.2 Å². The number of rotatable bonds is 12. The lowest BCUT2D eigenvalue weighted by Gasteiger charge is -2.31. The molecule has 0 saturated heterocycles. The van der Waals surface area contributed by atoms with Gasteiger partial charge in [0.15, 0.2) is 0 Å². The van der Waals surface area contributed by atoms with Crippen molar-refractivity contribution in [3.63, 3.8) is 0 Å². The third-order valence-electron chi connectivity index (χ3n) is 6.75. The molecule has 3 rings (SSSR count). The molecule has 1 atom stereocenters. The summed E-state index contributed by atoms with van der Waals surface area (Å²) in [6, 6.07) is 11.2. The Morgan fingerprint density at radius 3 is 2.34 bits per heavy atom. The third kappa shape index (κ3) is 8.01. The molecule has 1 aliphatic carbocycles. The van der Waals surface area contributed by atoms with Gasteiger partial charge in [-0.15, -0.1) is 0 Å². The highest BCUT2D eigenvalue weighted by Crippen LogP contribution is 2.28. The Labute approximate surface area is 235 Å². The smallest absolute Gasteiger partial charge is 0.242 e. The number of nitrogens with one attached hydrogen (secondary N) is 1. The van der Waals surface area contributed by atoms with E-state index >= 15 is 0 Å². The number of sulfonamides is 1. The van der Waals surface area contributed by atoms with E-state index in [2.05, 4.69) is 5.32 Å². The normalized spacial score (nSPS) is 14.7. The highest BCUT2D eigenvalue weighted by atomic mass is 35.5. The molecule has 38 heavy (non-hydrogen) atoms. The highest BCUT2D eigenvalue weighted by molar-refractivity contribution is 7.92. The van der Waals surface area contributed by atoms with Crippen molar-refractivity contribution in [1.82, 2.24) is 10.2 Å². The van der Waals surface area contributed by atoms with Gasteiger partial charge in [-0.05, 0) is 50.5 Å². The van der Waals surface area contributed by atoms with E-state index in [0.29, 0.717) is 27.0 Å². The fourth-order valence-electron chi connectivity index (χ4n) is 4.60. The lowest BCUT2D eigenvalue weighted by Crippen LogP contribution is -2.49. The van der Waals surface area contributed by atoms with Gasteiger partial charge in [0.1, 0.15) is 11.8 Å². The Balaban J connectivity index is 1.76. The van der Waals surface area contributed by atoms with Crippen LogP contribution in [0.2, 0.25) is 10.0 Å². The van der Waals surface area contributed by atoms with E-state index in [4.69, 9.17) is 27.9 Å². The van der Waals surface area contributed by atoms with Crippen molar-refractivity contribution in [2.45, 2.75) is 64.1 Å². The van der Waals surface area contributed by atoms with Crippen LogP contribution in [0.3, 0.4) is 0 Å². The van der Waals surface area contributed by atoms with E-state index in [1.54, 1.807) is 49.4 Å². The summed E-state index contributed by atoms with van der Waals surface area (Å²) in [5, 5.41) is 3.86. The number of hydrogen-bond donors (Lipinski definition) is 1. The molecule has 0 heterocycles. The Morgan fingerprint density at radius 1 is 1.11 bits per heavy atom. The van der Waals surface area contributed by atoms with Gasteiger partial charge >= 0.3 is 0 Å². The fraction of sp³-hybridized carbons (Fsp3) is 0.481. The average Bonchev–Trinajstić information content (AvgIpc) is 3.38. The molecule has 2 aromatic carbocycles. The molecule has 2 amide bonds. The molecule has 1 N–H and O–H groups in total. The predicted molar refractivity (Wildman–Crippen MR) is 151 cm³/mol. The van der Waals surface area contributed by atoms with E-state index in [1.807, 2.05) is 0 Å². The maximum atomic E-state index is 13.5. The molecule has 8 nitrogen and oxygen atoms in total. The maximum absolute atomic E-state index is 13.5. The van der Waals surface area contributed by atoms with Crippen LogP contribution in [0.4, 0.5) is 5.69 Å². The van der Waals surface area contributed by atoms with Crippen LogP contribution in [0.15, 0.2) is 42.5 Å². The average molecular weight is 585 g/mol. The summed E-state index contributed by atoms with van der Waals surface area (Å²) < 4.78 is 31.5. The Kier molecular flexibility index (Phi) is 10.7. The zero-order chi connectivity index (χ0) is 27.9. The summed E-state index contributed by atoms with van der Waals surface area (Å²) in [4.78, 5) is 28.1. The number of carbonyl (C=O) groups excluding carboxylic acids is 2. The van der Waals surface area contributed by atoms with Crippen LogP contribution in [-0.2, 0) is 26.2 Å². The summed E-state index contributed by atoms with van der Waals surface area (Å²) in [6.45, 7) is 1.83. The molecular formula is C27H35Cl2N3O5S. The van der Waals surface area contributed by atoms with Crippen LogP contribution < -0.4 is 14.4 Å². The molecule has 0 bridgehead atoms. The number of methoxy groups -OCH3 is 1. The molecular weight excluding hydrogens is 549 g/mol. The third-order valence-corrected chi connectivity index (χ3v) is 8.65. The number of ether oxygens (including phenoxy) is 1. The number of amides is 2. The van der Waals surface area contributed by atoms with Crippen molar-refractivity contribution < 1.29 is 22.7 Å². The molecule has 0 aliphatic heterocycles. The Hall–Kier alpha value is -2.49. The van der Waals surface area contributed by atoms with Crippen molar-refractivity contribution >= 4 is 50.7 Å². The van der Waals surface area contributed by atoms with Gasteiger partial charge < -0.3 is 15.0 Å². The molecule has 1 unspecified atom stereocenters. The van der Waals surface area contributed by atoms with Crippen LogP contribution in [0, 0.1) is 0 Å². The molecule has 0 aromatic heterocycles. The van der Waals surface area contributed by atoms with Crippen LogP contribution in [-0.4, -0.2) is 57.1 Å². The first-order valence-corrected chi connectivity index (χ1v) is 15.3. The predicted octanol–water partition coefficient (Wildman–Crippen LogP) is 5.02. The minimum atomic E-state index is -3.61. The number of hydrogen-bond acceptors (Lipinski definition) is 5. The monoisotopic (exact) mass is 583 g/mol. The fourth-order valence-corrected chi connectivity index (χ4v) is 6.07. The van der Waals surface area contributed by atoms with Gasteiger partial charge in [0.05, 0.1) is 19.1 Å². The zero-order valence-electron chi connectivity index (χ0n) is 22.0. The van der Waals surface area contributed by atoms with E-state index in [0.717, 1.165) is 31.9 Å². The van der Waals surface area contributed by atoms with Gasteiger partial charge in [0.25, 0.3) is 0 Å². The maximum Gasteiger partial charge on any atom is 0.242 e. The molecule has 208 valence electrons. The SMILES string of the molecule is COc1cccc(N(CCCC(=O)N(Cc2c(Cl)cccc2Cl)C(C)C(=O)NC2CCCC2)S(C)(=O)=O)c1. The van der Waals surface area contributed by atoms with Gasteiger partial charge in [-0.1, -0.05) is 48.2 Å². The van der Waals surface area contributed by atoms with Gasteiger partial charge in [-0.25, -0.2) is 8.42 Å². The van der Waals surface area contributed by atoms with Crippen LogP contribution in [0.5, 0.6) is 5.75 Å². The molecule has 0 radical (unpaired) electrons. The van der Waals surface area contributed by atoms with Gasteiger partial charge in [0, 0.05) is 47.2 Å². The molecule has 1 saturated carbocycles. The van der Waals surface area contributed by atoms with Crippen LogP contribution >= 0.6 is 23.2 Å². The summed E-state index contributed by atoms with van der Waals surface area (Å²) in [7, 11) is -2.10. The Bertz CT molecular complexity index is 1210. The topological polar surface area (TPSA) is 96.0 Å². The van der Waals surface area contributed by atoms with Crippen molar-refractivity contribution in [3.8, 4) is 5.75 Å². The lowest BCUT2D eigenvalue weighted by atomic mass is 10.1. The van der Waals surface area contributed by atoms with E-state index in [9.17, 15) is 18.0 Å². The number of halogens is 2. The molecule has 11 heteroatoms. The summed E-state index contributed by atoms with van der Waals surface area (Å²) in [6.07, 6.45) is 5.38. The van der Waals surface area contributed by atoms with Gasteiger partial charge in [-0.3, -0.25) is 13.9 Å². The molecule has 0 spiro atoms. The first-order valence-electron chi connectivity index (χ1n) is 12.7. The minimum Gasteiger partial charge on any atom is -0.497 e. The standard InChI is InChI=1S/C27H35Cl2N3O5S/c1-19(27(34)30-20-9-4-5-10-20)31(18-23-24(28)13-7-14-25(23)29)26(33)15-8-16-32(38(3,35)36)21-11-6-12-22(17-21)37-2/h6-7,11-14,17,19-20H,4-5,8-10,15-16,18H2,1-3H3,(H,30,34). The number of carbonyl (C=O) groups is 2. The van der Waals surface area contributed by atoms with Crippen LogP contribution in [0.25, 0.3) is 0 Å². The minimum absolute atomic E-state index is 0.0269. The second-order valence-electron chi connectivity index (χ2n) is 9.53. The first kappa shape index (κ1) is 30.1. The van der Waals surface area contributed by atoms with Crippen molar-refractivity contribution in [2.24, 2.45) is 0 Å². The van der Waals surface area contributed by atoms with E-state index in [1.165, 1.54) is 16.3 Å². The molecule has 1 aliphatic rings. The van der Waals surface area contributed by atoms with Gasteiger partial charge in [-0.2, -0.15) is 0 Å². The quantitative estimate of drug-likeness (QED) is 0.378. The first-order chi connectivity index (χ1) is 18.0. The van der Waals surface area contributed by atoms with E-state index in [-0.39, 0.29) is 43.8 Å². The summed E-state index contributed by atoms with van der Waals surface area (Å²) in [5.74, 6) is -0.00570. The number of nitrogens with zero attached hydrogens (tertiary/aromatic N) is 2. The highest BCUT2D eigenvalue weighted by Gasteiger charge is 2.29. The summed E-state index contributed by atoms with van der Waals surface area (Å²) in [5.41, 5.74) is 1.00. The second-order valence-corrected chi connectivity index (χ2v) is 12.2. The van der Waals surface area contributed by atoms with Gasteiger partial charge in [0.2, 0.25) is 21.8 Å². The zero-order valence-corrected chi connectivity index (χ0v) is 24.3. The second kappa shape index (κ2) is 13.5. The summed E-state index contributed by atoms with van der Waals surface area (Å²) >= 11 is 12.8. The Morgan fingerprint density at radius 2 is 1.74 bits per heavy atom.